The van der Waals surface area contributed by atoms with Crippen LogP contribution in [0.5, 0.6) is 0 Å². The van der Waals surface area contributed by atoms with E-state index in [0.717, 1.165) is 24.6 Å². The molecule has 0 saturated carbocycles. The summed E-state index contributed by atoms with van der Waals surface area (Å²) >= 11 is 0. The molecule has 84 valence electrons. The lowest BCUT2D eigenvalue weighted by Gasteiger charge is -2.07. The topological polar surface area (TPSA) is 55.3 Å². The third-order valence-electron chi connectivity index (χ3n) is 2.97. The number of rotatable bonds is 3. The quantitative estimate of drug-likeness (QED) is 0.812. The molecule has 0 radical (unpaired) electrons. The van der Waals surface area contributed by atoms with E-state index in [9.17, 15) is 0 Å². The molecule has 1 fully saturated rings. The minimum absolute atomic E-state index is 0.0579. The van der Waals surface area contributed by atoms with Crippen LogP contribution in [0.1, 0.15) is 31.0 Å². The summed E-state index contributed by atoms with van der Waals surface area (Å²) in [4.78, 5) is 6.61. The van der Waals surface area contributed by atoms with Crippen LogP contribution in [0.15, 0.2) is 10.6 Å². The first kappa shape index (κ1) is 10.6. The summed E-state index contributed by atoms with van der Waals surface area (Å²) < 4.78 is 5.59. The van der Waals surface area contributed by atoms with Crippen molar-refractivity contribution < 1.29 is 4.42 Å². The van der Waals surface area contributed by atoms with Crippen LogP contribution in [0, 0.1) is 5.92 Å². The van der Waals surface area contributed by atoms with Gasteiger partial charge in [0.05, 0.1) is 12.2 Å². The second-order valence-corrected chi connectivity index (χ2v) is 4.57. The maximum atomic E-state index is 5.72. The van der Waals surface area contributed by atoms with Gasteiger partial charge in [0.25, 0.3) is 0 Å². The Bertz CT molecular complexity index is 321. The van der Waals surface area contributed by atoms with Gasteiger partial charge < -0.3 is 15.1 Å². The van der Waals surface area contributed by atoms with Gasteiger partial charge in [-0.15, -0.1) is 0 Å². The Morgan fingerprint density at radius 2 is 2.53 bits per heavy atom. The molecule has 2 atom stereocenters. The van der Waals surface area contributed by atoms with Gasteiger partial charge in [0.1, 0.15) is 5.76 Å². The number of hydrogen-bond donors (Lipinski definition) is 1. The van der Waals surface area contributed by atoms with Crippen LogP contribution in [-0.2, 0) is 6.42 Å². The van der Waals surface area contributed by atoms with E-state index < -0.39 is 0 Å². The van der Waals surface area contributed by atoms with Crippen LogP contribution in [0.2, 0.25) is 0 Å². The van der Waals surface area contributed by atoms with E-state index in [1.165, 1.54) is 13.0 Å². The van der Waals surface area contributed by atoms with Gasteiger partial charge in [-0.25, -0.2) is 4.98 Å². The van der Waals surface area contributed by atoms with Gasteiger partial charge in [-0.2, -0.15) is 0 Å². The summed E-state index contributed by atoms with van der Waals surface area (Å²) in [6.07, 6.45) is 3.93. The maximum absolute atomic E-state index is 5.72. The Hall–Kier alpha value is -0.870. The number of aromatic nitrogens is 1. The molecule has 2 N–H and O–H groups in total. The number of oxazole rings is 1. The maximum Gasteiger partial charge on any atom is 0.194 e. The molecule has 0 amide bonds. The first-order valence-corrected chi connectivity index (χ1v) is 5.54. The van der Waals surface area contributed by atoms with E-state index in [-0.39, 0.29) is 6.04 Å². The highest BCUT2D eigenvalue weighted by Gasteiger charge is 2.21. The van der Waals surface area contributed by atoms with E-state index in [0.29, 0.717) is 5.92 Å². The van der Waals surface area contributed by atoms with Crippen molar-refractivity contribution in [1.29, 1.82) is 0 Å². The predicted molar refractivity (Wildman–Crippen MR) is 58.4 cm³/mol. The molecule has 0 spiro atoms. The zero-order valence-electron chi connectivity index (χ0n) is 9.44. The molecule has 15 heavy (non-hydrogen) atoms. The van der Waals surface area contributed by atoms with Crippen LogP contribution < -0.4 is 5.73 Å². The highest BCUT2D eigenvalue weighted by Crippen LogP contribution is 2.20. The average molecular weight is 209 g/mol. The van der Waals surface area contributed by atoms with Gasteiger partial charge in [0.2, 0.25) is 0 Å². The number of nitrogens with zero attached hydrogens (tertiary/aromatic N) is 2. The van der Waals surface area contributed by atoms with Gasteiger partial charge >= 0.3 is 0 Å². The molecule has 1 aliphatic heterocycles. The van der Waals surface area contributed by atoms with E-state index in [2.05, 4.69) is 16.9 Å². The Morgan fingerprint density at radius 1 is 1.73 bits per heavy atom. The van der Waals surface area contributed by atoms with E-state index >= 15 is 0 Å². The summed E-state index contributed by atoms with van der Waals surface area (Å²) in [5, 5.41) is 0. The van der Waals surface area contributed by atoms with Crippen molar-refractivity contribution in [1.82, 2.24) is 9.88 Å². The van der Waals surface area contributed by atoms with Crippen molar-refractivity contribution in [3.63, 3.8) is 0 Å². The molecule has 2 unspecified atom stereocenters. The number of hydrogen-bond acceptors (Lipinski definition) is 4. The standard InChI is InChI=1S/C11H19N3O/c1-8(12)10-6-13-11(15-10)5-9-3-4-14(2)7-9/h6,8-9H,3-5,7,12H2,1-2H3. The fraction of sp³-hybridized carbons (Fsp3) is 0.727. The van der Waals surface area contributed by atoms with Crippen LogP contribution in [0.3, 0.4) is 0 Å². The highest BCUT2D eigenvalue weighted by atomic mass is 16.4. The zero-order valence-corrected chi connectivity index (χ0v) is 9.44. The van der Waals surface area contributed by atoms with Crippen LogP contribution in [0.4, 0.5) is 0 Å². The zero-order chi connectivity index (χ0) is 10.8. The van der Waals surface area contributed by atoms with Gasteiger partial charge in [-0.05, 0) is 32.9 Å². The third kappa shape index (κ3) is 2.58. The molecule has 1 aromatic rings. The van der Waals surface area contributed by atoms with Crippen molar-refractivity contribution in [2.24, 2.45) is 11.7 Å². The summed E-state index contributed by atoms with van der Waals surface area (Å²) in [5.41, 5.74) is 5.72. The smallest absolute Gasteiger partial charge is 0.194 e. The summed E-state index contributed by atoms with van der Waals surface area (Å²) in [7, 11) is 2.16. The normalized spacial score (nSPS) is 24.6. The molecule has 0 bridgehead atoms. The molecule has 1 aliphatic rings. The minimum Gasteiger partial charge on any atom is -0.444 e. The molecule has 2 rings (SSSR count). The monoisotopic (exact) mass is 209 g/mol. The Labute approximate surface area is 90.5 Å². The molecular weight excluding hydrogens is 190 g/mol. The average Bonchev–Trinajstić information content (AvgIpc) is 2.76. The lowest BCUT2D eigenvalue weighted by Crippen LogP contribution is -2.15. The molecule has 0 aliphatic carbocycles. The predicted octanol–water partition coefficient (Wildman–Crippen LogP) is 1.19. The molecule has 4 nitrogen and oxygen atoms in total. The summed E-state index contributed by atoms with van der Waals surface area (Å²) in [5.74, 6) is 2.31. The third-order valence-corrected chi connectivity index (χ3v) is 2.97. The van der Waals surface area contributed by atoms with Crippen molar-refractivity contribution in [3.8, 4) is 0 Å². The molecular formula is C11H19N3O. The fourth-order valence-electron chi connectivity index (χ4n) is 2.07. The molecule has 0 aromatic carbocycles. The molecule has 4 heteroatoms. The van der Waals surface area contributed by atoms with Crippen molar-refractivity contribution in [2.45, 2.75) is 25.8 Å². The number of likely N-dealkylation sites (tertiary alicyclic amines) is 1. The Kier molecular flexibility index (Phi) is 3.07. The highest BCUT2D eigenvalue weighted by molar-refractivity contribution is 4.99. The van der Waals surface area contributed by atoms with E-state index in [1.807, 2.05) is 6.92 Å². The lowest BCUT2D eigenvalue weighted by atomic mass is 10.1. The van der Waals surface area contributed by atoms with Crippen LogP contribution in [0.25, 0.3) is 0 Å². The number of nitrogens with two attached hydrogens (primary N) is 1. The van der Waals surface area contributed by atoms with Gasteiger partial charge in [0.15, 0.2) is 5.89 Å². The fourth-order valence-corrected chi connectivity index (χ4v) is 2.07. The first-order chi connectivity index (χ1) is 7.15. The summed E-state index contributed by atoms with van der Waals surface area (Å²) in [6, 6.07) is -0.0579. The first-order valence-electron chi connectivity index (χ1n) is 5.54. The Morgan fingerprint density at radius 3 is 3.07 bits per heavy atom. The summed E-state index contributed by atoms with van der Waals surface area (Å²) in [6.45, 7) is 4.25. The van der Waals surface area contributed by atoms with Crippen LogP contribution >= 0.6 is 0 Å². The second kappa shape index (κ2) is 4.33. The molecule has 1 aromatic heterocycles. The van der Waals surface area contributed by atoms with Gasteiger partial charge in [-0.1, -0.05) is 0 Å². The van der Waals surface area contributed by atoms with E-state index in [4.69, 9.17) is 10.2 Å². The van der Waals surface area contributed by atoms with Crippen molar-refractivity contribution >= 4 is 0 Å². The van der Waals surface area contributed by atoms with Crippen molar-refractivity contribution in [2.75, 3.05) is 20.1 Å². The molecule has 2 heterocycles. The van der Waals surface area contributed by atoms with E-state index in [1.54, 1.807) is 6.20 Å². The van der Waals surface area contributed by atoms with Gasteiger partial charge in [-0.3, -0.25) is 0 Å². The Balaban J connectivity index is 1.93. The van der Waals surface area contributed by atoms with Gasteiger partial charge in [0, 0.05) is 13.0 Å². The van der Waals surface area contributed by atoms with Crippen LogP contribution in [-0.4, -0.2) is 30.0 Å². The largest absolute Gasteiger partial charge is 0.444 e. The van der Waals surface area contributed by atoms with Crippen molar-refractivity contribution in [3.05, 3.63) is 17.8 Å². The molecule has 1 saturated heterocycles. The lowest BCUT2D eigenvalue weighted by molar-refractivity contribution is 0.370. The minimum atomic E-state index is -0.0579. The second-order valence-electron chi connectivity index (χ2n) is 4.57. The SMILES string of the molecule is CC(N)c1cnc(CC2CCN(C)C2)o1.